The van der Waals surface area contributed by atoms with Gasteiger partial charge < -0.3 is 10.2 Å². The molecule has 2 nitrogen and oxygen atoms in total. The van der Waals surface area contributed by atoms with Gasteiger partial charge in [0.05, 0.1) is 0 Å². The first kappa shape index (κ1) is 14.4. The topological polar surface area (TPSA) is 15.3 Å². The van der Waals surface area contributed by atoms with Crippen molar-refractivity contribution < 1.29 is 0 Å². The van der Waals surface area contributed by atoms with E-state index in [-0.39, 0.29) is 5.54 Å². The molecular weight excluding hydrogens is 232 g/mol. The molecule has 0 bridgehead atoms. The summed E-state index contributed by atoms with van der Waals surface area (Å²) in [4.78, 5) is 2.43. The summed E-state index contributed by atoms with van der Waals surface area (Å²) in [5.74, 6) is 0.911. The Balaban J connectivity index is 2.02. The van der Waals surface area contributed by atoms with Crippen LogP contribution in [0.5, 0.6) is 0 Å². The predicted octanol–water partition coefficient (Wildman–Crippen LogP) is 3.81. The van der Waals surface area contributed by atoms with Gasteiger partial charge in [-0.25, -0.2) is 0 Å². The highest BCUT2D eigenvalue weighted by Gasteiger charge is 2.20. The molecule has 0 spiro atoms. The summed E-state index contributed by atoms with van der Waals surface area (Å²) in [6.45, 7) is 8.79. The molecule has 106 valence electrons. The van der Waals surface area contributed by atoms with Crippen molar-refractivity contribution in [1.29, 1.82) is 0 Å². The van der Waals surface area contributed by atoms with Crippen LogP contribution in [-0.4, -0.2) is 19.1 Å². The van der Waals surface area contributed by atoms with E-state index in [1.165, 1.54) is 37.1 Å². The summed E-state index contributed by atoms with van der Waals surface area (Å²) in [7, 11) is 2.23. The minimum absolute atomic E-state index is 0.166. The molecular formula is C17H28N2. The average molecular weight is 260 g/mol. The second-order valence-corrected chi connectivity index (χ2v) is 6.91. The Morgan fingerprint density at radius 2 is 1.89 bits per heavy atom. The van der Waals surface area contributed by atoms with Crippen LogP contribution in [0.4, 0.5) is 5.69 Å². The van der Waals surface area contributed by atoms with Gasteiger partial charge in [-0.3, -0.25) is 0 Å². The van der Waals surface area contributed by atoms with Crippen molar-refractivity contribution in [3.63, 3.8) is 0 Å². The number of anilines is 1. The maximum Gasteiger partial charge on any atom is 0.0409 e. The zero-order chi connectivity index (χ0) is 13.9. The van der Waals surface area contributed by atoms with Crippen LogP contribution in [-0.2, 0) is 6.54 Å². The summed E-state index contributed by atoms with van der Waals surface area (Å²) < 4.78 is 0. The Labute approximate surface area is 118 Å². The fraction of sp³-hybridized carbons (Fsp3) is 0.647. The van der Waals surface area contributed by atoms with Gasteiger partial charge in [0.25, 0.3) is 0 Å². The van der Waals surface area contributed by atoms with Gasteiger partial charge in [-0.2, -0.15) is 0 Å². The minimum atomic E-state index is 0.166. The normalized spacial score (nSPS) is 16.2. The standard InChI is InChI=1S/C17H28N2/c1-17(2,3)18-12-15-10-5-6-11-16(15)19(4)13-14-8-7-9-14/h5-6,10-11,14,18H,7-9,12-13H2,1-4H3. The zero-order valence-corrected chi connectivity index (χ0v) is 12.9. The highest BCUT2D eigenvalue weighted by atomic mass is 15.1. The third-order valence-electron chi connectivity index (χ3n) is 3.97. The summed E-state index contributed by atoms with van der Waals surface area (Å²) in [6.07, 6.45) is 4.24. The lowest BCUT2D eigenvalue weighted by Gasteiger charge is -2.32. The first-order valence-electron chi connectivity index (χ1n) is 7.50. The Kier molecular flexibility index (Phi) is 4.51. The Morgan fingerprint density at radius 1 is 1.21 bits per heavy atom. The molecule has 0 radical (unpaired) electrons. The second-order valence-electron chi connectivity index (χ2n) is 6.91. The Hall–Kier alpha value is -1.02. The fourth-order valence-electron chi connectivity index (χ4n) is 2.55. The smallest absolute Gasteiger partial charge is 0.0409 e. The summed E-state index contributed by atoms with van der Waals surface area (Å²) in [5.41, 5.74) is 2.95. The van der Waals surface area contributed by atoms with Crippen LogP contribution in [0.1, 0.15) is 45.6 Å². The van der Waals surface area contributed by atoms with E-state index in [9.17, 15) is 0 Å². The van der Waals surface area contributed by atoms with E-state index in [4.69, 9.17) is 0 Å². The molecule has 0 amide bonds. The lowest BCUT2D eigenvalue weighted by molar-refractivity contribution is 0.321. The highest BCUT2D eigenvalue weighted by molar-refractivity contribution is 5.53. The highest BCUT2D eigenvalue weighted by Crippen LogP contribution is 2.29. The number of rotatable bonds is 5. The van der Waals surface area contributed by atoms with Crippen molar-refractivity contribution in [3.8, 4) is 0 Å². The predicted molar refractivity (Wildman–Crippen MR) is 83.6 cm³/mol. The van der Waals surface area contributed by atoms with Gasteiger partial charge >= 0.3 is 0 Å². The van der Waals surface area contributed by atoms with Crippen LogP contribution in [0.25, 0.3) is 0 Å². The van der Waals surface area contributed by atoms with Crippen molar-refractivity contribution in [2.75, 3.05) is 18.5 Å². The van der Waals surface area contributed by atoms with E-state index < -0.39 is 0 Å². The summed E-state index contributed by atoms with van der Waals surface area (Å²) in [5, 5.41) is 3.59. The molecule has 0 unspecified atom stereocenters. The molecule has 1 aromatic carbocycles. The van der Waals surface area contributed by atoms with Crippen LogP contribution in [0.15, 0.2) is 24.3 Å². The molecule has 0 aliphatic heterocycles. The van der Waals surface area contributed by atoms with Gasteiger partial charge in [0.1, 0.15) is 0 Å². The Bertz CT molecular complexity index is 402. The maximum atomic E-state index is 3.59. The number of para-hydroxylation sites is 1. The molecule has 19 heavy (non-hydrogen) atoms. The zero-order valence-electron chi connectivity index (χ0n) is 12.9. The summed E-state index contributed by atoms with van der Waals surface area (Å²) >= 11 is 0. The molecule has 0 atom stereocenters. The fourth-order valence-corrected chi connectivity index (χ4v) is 2.55. The van der Waals surface area contributed by atoms with E-state index in [2.05, 4.69) is 62.3 Å². The number of nitrogens with one attached hydrogen (secondary N) is 1. The van der Waals surface area contributed by atoms with E-state index in [0.717, 1.165) is 12.5 Å². The van der Waals surface area contributed by atoms with Gasteiger partial charge in [-0.1, -0.05) is 24.6 Å². The molecule has 1 N–H and O–H groups in total. The van der Waals surface area contributed by atoms with Crippen LogP contribution < -0.4 is 10.2 Å². The third kappa shape index (κ3) is 4.24. The lowest BCUT2D eigenvalue weighted by Crippen LogP contribution is -2.36. The quantitative estimate of drug-likeness (QED) is 0.866. The van der Waals surface area contributed by atoms with E-state index in [1.54, 1.807) is 0 Å². The largest absolute Gasteiger partial charge is 0.374 e. The van der Waals surface area contributed by atoms with Gasteiger partial charge in [0.2, 0.25) is 0 Å². The first-order chi connectivity index (χ1) is 8.96. The van der Waals surface area contributed by atoms with Gasteiger partial charge in [-0.15, -0.1) is 0 Å². The van der Waals surface area contributed by atoms with Crippen LogP contribution >= 0.6 is 0 Å². The molecule has 1 aliphatic carbocycles. The number of hydrogen-bond acceptors (Lipinski definition) is 2. The van der Waals surface area contributed by atoms with Crippen molar-refractivity contribution in [3.05, 3.63) is 29.8 Å². The van der Waals surface area contributed by atoms with Crippen molar-refractivity contribution in [2.45, 2.75) is 52.1 Å². The van der Waals surface area contributed by atoms with E-state index >= 15 is 0 Å². The van der Waals surface area contributed by atoms with Crippen LogP contribution in [0.3, 0.4) is 0 Å². The van der Waals surface area contributed by atoms with Crippen molar-refractivity contribution >= 4 is 5.69 Å². The summed E-state index contributed by atoms with van der Waals surface area (Å²) in [6, 6.07) is 8.78. The molecule has 1 aromatic rings. The average Bonchev–Trinajstić information content (AvgIpc) is 2.30. The number of benzene rings is 1. The van der Waals surface area contributed by atoms with Gasteiger partial charge in [0, 0.05) is 31.4 Å². The van der Waals surface area contributed by atoms with Crippen molar-refractivity contribution in [1.82, 2.24) is 5.32 Å². The number of nitrogens with zero attached hydrogens (tertiary/aromatic N) is 1. The molecule has 1 aliphatic rings. The van der Waals surface area contributed by atoms with Crippen LogP contribution in [0, 0.1) is 5.92 Å². The monoisotopic (exact) mass is 260 g/mol. The third-order valence-corrected chi connectivity index (χ3v) is 3.97. The lowest BCUT2D eigenvalue weighted by atomic mass is 9.85. The van der Waals surface area contributed by atoms with E-state index in [0.29, 0.717) is 0 Å². The first-order valence-corrected chi connectivity index (χ1v) is 7.50. The molecule has 0 aromatic heterocycles. The maximum absolute atomic E-state index is 3.59. The molecule has 1 saturated carbocycles. The molecule has 1 fully saturated rings. The number of hydrogen-bond donors (Lipinski definition) is 1. The molecule has 2 rings (SSSR count). The Morgan fingerprint density at radius 3 is 2.47 bits per heavy atom. The molecule has 0 heterocycles. The van der Waals surface area contributed by atoms with Crippen molar-refractivity contribution in [2.24, 2.45) is 5.92 Å². The van der Waals surface area contributed by atoms with Gasteiger partial charge in [-0.05, 0) is 51.2 Å². The second kappa shape index (κ2) is 5.96. The van der Waals surface area contributed by atoms with Crippen LogP contribution in [0.2, 0.25) is 0 Å². The molecule has 2 heteroatoms. The SMILES string of the molecule is CN(CC1CCC1)c1ccccc1CNC(C)(C)C. The molecule has 0 saturated heterocycles. The minimum Gasteiger partial charge on any atom is -0.374 e. The van der Waals surface area contributed by atoms with E-state index in [1.807, 2.05) is 0 Å². The van der Waals surface area contributed by atoms with Gasteiger partial charge in [0.15, 0.2) is 0 Å².